The third-order valence-corrected chi connectivity index (χ3v) is 3.94. The maximum atomic E-state index is 5.11. The number of halogens is 1. The van der Waals surface area contributed by atoms with Gasteiger partial charge >= 0.3 is 0 Å². The Bertz CT molecular complexity index is 376. The Kier molecular flexibility index (Phi) is 5.21. The topological polar surface area (TPSA) is 39.1 Å². The molecule has 0 radical (unpaired) electrons. The van der Waals surface area contributed by atoms with Gasteiger partial charge in [0, 0.05) is 13.2 Å². The normalized spacial score (nSPS) is 17.1. The average Bonchev–Trinajstić information content (AvgIpc) is 3.12. The summed E-state index contributed by atoms with van der Waals surface area (Å²) in [6.45, 7) is 4.90. The Balaban J connectivity index is 1.87. The molecule has 1 fully saturated rings. The first-order valence-electron chi connectivity index (χ1n) is 6.63. The van der Waals surface area contributed by atoms with E-state index in [0.29, 0.717) is 12.5 Å². The summed E-state index contributed by atoms with van der Waals surface area (Å²) in [5.74, 6) is 0.625. The summed E-state index contributed by atoms with van der Waals surface area (Å²) in [5, 5.41) is 7.96. The van der Waals surface area contributed by atoms with Crippen molar-refractivity contribution in [2.75, 3.05) is 20.3 Å². The zero-order chi connectivity index (χ0) is 13.0. The molecule has 1 aliphatic carbocycles. The minimum atomic E-state index is 0.625. The number of methoxy groups -OCH3 is 1. The molecule has 0 bridgehead atoms. The number of hydrogen-bond donors (Lipinski definition) is 1. The number of ether oxygens (including phenoxy) is 1. The molecule has 1 aromatic heterocycles. The van der Waals surface area contributed by atoms with Crippen molar-refractivity contribution in [2.45, 2.75) is 38.8 Å². The summed E-state index contributed by atoms with van der Waals surface area (Å²) in [6, 6.07) is 0.786. The largest absolute Gasteiger partial charge is 0.383 e. The minimum absolute atomic E-state index is 0.625. The van der Waals surface area contributed by atoms with E-state index >= 15 is 0 Å². The number of hydrogen-bond acceptors (Lipinski definition) is 3. The van der Waals surface area contributed by atoms with Crippen LogP contribution in [-0.4, -0.2) is 36.1 Å². The third-order valence-electron chi connectivity index (χ3n) is 3.28. The van der Waals surface area contributed by atoms with Gasteiger partial charge in [-0.05, 0) is 47.7 Å². The van der Waals surface area contributed by atoms with Gasteiger partial charge < -0.3 is 10.1 Å². The van der Waals surface area contributed by atoms with Crippen molar-refractivity contribution in [1.29, 1.82) is 0 Å². The van der Waals surface area contributed by atoms with E-state index in [1.165, 1.54) is 18.5 Å². The molecular weight excluding hydrogens is 294 g/mol. The molecule has 1 aromatic rings. The number of nitrogens with zero attached hydrogens (tertiary/aromatic N) is 2. The van der Waals surface area contributed by atoms with Crippen molar-refractivity contribution in [3.05, 3.63) is 16.4 Å². The number of rotatable bonds is 8. The fourth-order valence-electron chi connectivity index (χ4n) is 2.02. The van der Waals surface area contributed by atoms with E-state index in [1.807, 2.05) is 10.9 Å². The van der Waals surface area contributed by atoms with Crippen LogP contribution in [0.2, 0.25) is 0 Å². The van der Waals surface area contributed by atoms with Crippen LogP contribution in [0.15, 0.2) is 10.7 Å². The maximum absolute atomic E-state index is 5.11. The first-order valence-corrected chi connectivity index (χ1v) is 7.42. The van der Waals surface area contributed by atoms with Gasteiger partial charge in [0.15, 0.2) is 0 Å². The van der Waals surface area contributed by atoms with Gasteiger partial charge in [-0.3, -0.25) is 4.68 Å². The second-order valence-corrected chi connectivity index (χ2v) is 6.00. The highest BCUT2D eigenvalue weighted by Crippen LogP contribution is 2.21. The van der Waals surface area contributed by atoms with Crippen LogP contribution in [0, 0.1) is 5.92 Å². The third kappa shape index (κ3) is 4.07. The predicted molar refractivity (Wildman–Crippen MR) is 75.7 cm³/mol. The molecule has 1 unspecified atom stereocenters. The molecule has 18 heavy (non-hydrogen) atoms. The van der Waals surface area contributed by atoms with Crippen LogP contribution in [0.5, 0.6) is 0 Å². The van der Waals surface area contributed by atoms with Crippen molar-refractivity contribution < 1.29 is 4.74 Å². The minimum Gasteiger partial charge on any atom is -0.383 e. The van der Waals surface area contributed by atoms with E-state index in [2.05, 4.69) is 33.3 Å². The molecule has 1 aliphatic rings. The van der Waals surface area contributed by atoms with Crippen molar-refractivity contribution in [3.8, 4) is 0 Å². The van der Waals surface area contributed by atoms with Gasteiger partial charge in [0.05, 0.1) is 29.5 Å². The number of nitrogens with one attached hydrogen (secondary N) is 1. The monoisotopic (exact) mass is 315 g/mol. The van der Waals surface area contributed by atoms with E-state index in [0.717, 1.165) is 30.0 Å². The summed E-state index contributed by atoms with van der Waals surface area (Å²) in [5.41, 5.74) is 1.28. The molecule has 1 saturated carbocycles. The molecule has 0 aromatic carbocycles. The first kappa shape index (κ1) is 14.0. The van der Waals surface area contributed by atoms with Gasteiger partial charge in [0.25, 0.3) is 0 Å². The Labute approximate surface area is 117 Å². The molecule has 5 heteroatoms. The fraction of sp³-hybridized carbons (Fsp3) is 0.769. The highest BCUT2D eigenvalue weighted by atomic mass is 79.9. The van der Waals surface area contributed by atoms with Gasteiger partial charge in [-0.2, -0.15) is 5.10 Å². The van der Waals surface area contributed by atoms with Gasteiger partial charge in [-0.1, -0.05) is 6.92 Å². The smallest absolute Gasteiger partial charge is 0.0658 e. The van der Waals surface area contributed by atoms with Crippen molar-refractivity contribution >= 4 is 15.9 Å². The second-order valence-electron chi connectivity index (χ2n) is 5.15. The first-order chi connectivity index (χ1) is 8.70. The second kappa shape index (κ2) is 6.68. The van der Waals surface area contributed by atoms with E-state index in [9.17, 15) is 0 Å². The Morgan fingerprint density at radius 2 is 2.39 bits per heavy atom. The standard InChI is InChI=1S/C13H22BrN3O/c1-10(8-15-11-3-4-11)7-13-12(14)9-16-17(13)5-6-18-2/h9-11,15H,3-8H2,1-2H3. The van der Waals surface area contributed by atoms with Gasteiger partial charge in [0.1, 0.15) is 0 Å². The molecular formula is C13H22BrN3O. The van der Waals surface area contributed by atoms with E-state index in [1.54, 1.807) is 7.11 Å². The predicted octanol–water partition coefficient (Wildman–Crippen LogP) is 2.22. The SMILES string of the molecule is COCCn1ncc(Br)c1CC(C)CNC1CC1. The lowest BCUT2D eigenvalue weighted by atomic mass is 10.1. The Morgan fingerprint density at radius 1 is 1.61 bits per heavy atom. The molecule has 0 aliphatic heterocycles. The molecule has 0 saturated heterocycles. The molecule has 0 spiro atoms. The van der Waals surface area contributed by atoms with Crippen LogP contribution >= 0.6 is 15.9 Å². The van der Waals surface area contributed by atoms with Crippen LogP contribution in [0.4, 0.5) is 0 Å². The van der Waals surface area contributed by atoms with Crippen molar-refractivity contribution in [2.24, 2.45) is 5.92 Å². The lowest BCUT2D eigenvalue weighted by Gasteiger charge is -2.14. The molecule has 2 rings (SSSR count). The molecule has 1 N–H and O–H groups in total. The molecule has 4 nitrogen and oxygen atoms in total. The highest BCUT2D eigenvalue weighted by Gasteiger charge is 2.21. The highest BCUT2D eigenvalue weighted by molar-refractivity contribution is 9.10. The zero-order valence-electron chi connectivity index (χ0n) is 11.2. The number of aromatic nitrogens is 2. The lowest BCUT2D eigenvalue weighted by Crippen LogP contribution is -2.25. The lowest BCUT2D eigenvalue weighted by molar-refractivity contribution is 0.182. The van der Waals surface area contributed by atoms with Gasteiger partial charge in [0.2, 0.25) is 0 Å². The van der Waals surface area contributed by atoms with Gasteiger partial charge in [-0.15, -0.1) is 0 Å². The fourth-order valence-corrected chi connectivity index (χ4v) is 2.48. The molecule has 1 atom stereocenters. The molecule has 0 amide bonds. The average molecular weight is 316 g/mol. The molecule has 102 valence electrons. The van der Waals surface area contributed by atoms with Crippen LogP contribution in [0.1, 0.15) is 25.5 Å². The summed E-state index contributed by atoms with van der Waals surface area (Å²) < 4.78 is 8.26. The Hall–Kier alpha value is -0.390. The Morgan fingerprint density at radius 3 is 3.06 bits per heavy atom. The molecule has 1 heterocycles. The van der Waals surface area contributed by atoms with Crippen LogP contribution < -0.4 is 5.32 Å². The van der Waals surface area contributed by atoms with E-state index in [4.69, 9.17) is 4.74 Å². The summed E-state index contributed by atoms with van der Waals surface area (Å²) in [6.07, 6.45) is 5.63. The van der Waals surface area contributed by atoms with Crippen molar-refractivity contribution in [1.82, 2.24) is 15.1 Å². The van der Waals surface area contributed by atoms with E-state index < -0.39 is 0 Å². The van der Waals surface area contributed by atoms with Crippen molar-refractivity contribution in [3.63, 3.8) is 0 Å². The quantitative estimate of drug-likeness (QED) is 0.799. The van der Waals surface area contributed by atoms with E-state index in [-0.39, 0.29) is 0 Å². The van der Waals surface area contributed by atoms with Gasteiger partial charge in [-0.25, -0.2) is 0 Å². The summed E-state index contributed by atoms with van der Waals surface area (Å²) >= 11 is 3.59. The summed E-state index contributed by atoms with van der Waals surface area (Å²) in [7, 11) is 1.72. The summed E-state index contributed by atoms with van der Waals surface area (Å²) in [4.78, 5) is 0. The zero-order valence-corrected chi connectivity index (χ0v) is 12.7. The van der Waals surface area contributed by atoms with Crippen LogP contribution in [-0.2, 0) is 17.7 Å². The maximum Gasteiger partial charge on any atom is 0.0658 e. The van der Waals surface area contributed by atoms with Crippen LogP contribution in [0.3, 0.4) is 0 Å². The van der Waals surface area contributed by atoms with Crippen LogP contribution in [0.25, 0.3) is 0 Å².